The SMILES string of the molecule is COc1ccc(NC(=O)N2CCc3nn(C)c(C(=O)O)c3C2)cc1OC. The number of ether oxygens (including phenoxy) is 2. The van der Waals surface area contributed by atoms with Crippen molar-refractivity contribution in [3.63, 3.8) is 0 Å². The molecule has 9 nitrogen and oxygen atoms in total. The third kappa shape index (κ3) is 3.15. The first-order valence-electron chi connectivity index (χ1n) is 8.00. The average molecular weight is 360 g/mol. The number of aromatic carboxylic acids is 1. The fraction of sp³-hybridized carbons (Fsp3) is 0.353. The molecule has 0 unspecified atom stereocenters. The maximum atomic E-state index is 12.6. The molecule has 0 fully saturated rings. The molecular weight excluding hydrogens is 340 g/mol. The zero-order valence-electron chi connectivity index (χ0n) is 14.8. The first kappa shape index (κ1) is 17.6. The summed E-state index contributed by atoms with van der Waals surface area (Å²) in [6.07, 6.45) is 0.510. The lowest BCUT2D eigenvalue weighted by molar-refractivity contribution is 0.0682. The Labute approximate surface area is 150 Å². The van der Waals surface area contributed by atoms with Crippen molar-refractivity contribution in [2.24, 2.45) is 7.05 Å². The summed E-state index contributed by atoms with van der Waals surface area (Å²) in [5.74, 6) is 0.0182. The van der Waals surface area contributed by atoms with E-state index in [1.165, 1.54) is 18.9 Å². The molecule has 2 heterocycles. The molecule has 0 saturated carbocycles. The lowest BCUT2D eigenvalue weighted by Crippen LogP contribution is -2.39. The van der Waals surface area contributed by atoms with Gasteiger partial charge in [-0.15, -0.1) is 0 Å². The maximum Gasteiger partial charge on any atom is 0.354 e. The van der Waals surface area contributed by atoms with Crippen LogP contribution in [0.4, 0.5) is 10.5 Å². The van der Waals surface area contributed by atoms with Gasteiger partial charge in [0.1, 0.15) is 0 Å². The Balaban J connectivity index is 1.77. The summed E-state index contributed by atoms with van der Waals surface area (Å²) in [5, 5.41) is 16.4. The van der Waals surface area contributed by atoms with Gasteiger partial charge in [-0.05, 0) is 12.1 Å². The number of carbonyl (C=O) groups excluding carboxylic acids is 1. The van der Waals surface area contributed by atoms with Gasteiger partial charge in [-0.1, -0.05) is 0 Å². The van der Waals surface area contributed by atoms with E-state index in [1.807, 2.05) is 0 Å². The van der Waals surface area contributed by atoms with Crippen LogP contribution in [0.15, 0.2) is 18.2 Å². The third-order valence-electron chi connectivity index (χ3n) is 4.32. The van der Waals surface area contributed by atoms with Crippen molar-refractivity contribution in [1.29, 1.82) is 0 Å². The van der Waals surface area contributed by atoms with E-state index in [4.69, 9.17) is 9.47 Å². The summed E-state index contributed by atoms with van der Waals surface area (Å²) in [6.45, 7) is 0.659. The second kappa shape index (κ2) is 6.95. The molecule has 0 saturated heterocycles. The molecule has 3 rings (SSSR count). The van der Waals surface area contributed by atoms with Crippen LogP contribution in [-0.4, -0.2) is 52.6 Å². The maximum absolute atomic E-state index is 12.6. The summed E-state index contributed by atoms with van der Waals surface area (Å²) in [5.41, 5.74) is 1.97. The number of amides is 2. The van der Waals surface area contributed by atoms with E-state index in [9.17, 15) is 14.7 Å². The molecule has 2 aromatic rings. The predicted molar refractivity (Wildman–Crippen MR) is 92.8 cm³/mol. The predicted octanol–water partition coefficient (Wildman–Crippen LogP) is 1.73. The van der Waals surface area contributed by atoms with Crippen LogP contribution < -0.4 is 14.8 Å². The quantitative estimate of drug-likeness (QED) is 0.860. The van der Waals surface area contributed by atoms with Gasteiger partial charge in [0.05, 0.1) is 26.5 Å². The smallest absolute Gasteiger partial charge is 0.354 e. The Morgan fingerprint density at radius 3 is 2.62 bits per heavy atom. The van der Waals surface area contributed by atoms with Crippen molar-refractivity contribution in [3.8, 4) is 11.5 Å². The highest BCUT2D eigenvalue weighted by Crippen LogP contribution is 2.30. The molecule has 1 aromatic heterocycles. The molecule has 0 bridgehead atoms. The lowest BCUT2D eigenvalue weighted by atomic mass is 10.1. The van der Waals surface area contributed by atoms with Gasteiger partial charge in [-0.3, -0.25) is 4.68 Å². The summed E-state index contributed by atoms with van der Waals surface area (Å²) in [7, 11) is 4.65. The molecule has 0 atom stereocenters. The van der Waals surface area contributed by atoms with Crippen molar-refractivity contribution >= 4 is 17.7 Å². The second-order valence-corrected chi connectivity index (χ2v) is 5.87. The summed E-state index contributed by atoms with van der Waals surface area (Å²) >= 11 is 0. The van der Waals surface area contributed by atoms with E-state index in [1.54, 1.807) is 30.1 Å². The molecule has 138 valence electrons. The Morgan fingerprint density at radius 2 is 1.96 bits per heavy atom. The second-order valence-electron chi connectivity index (χ2n) is 5.87. The number of hydrogen-bond acceptors (Lipinski definition) is 5. The van der Waals surface area contributed by atoms with Gasteiger partial charge in [0.15, 0.2) is 17.2 Å². The van der Waals surface area contributed by atoms with Gasteiger partial charge in [-0.25, -0.2) is 9.59 Å². The summed E-state index contributed by atoms with van der Waals surface area (Å²) in [6, 6.07) is 4.76. The number of aromatic nitrogens is 2. The topological polar surface area (TPSA) is 106 Å². The highest BCUT2D eigenvalue weighted by Gasteiger charge is 2.29. The van der Waals surface area contributed by atoms with Crippen LogP contribution in [0.1, 0.15) is 21.7 Å². The molecule has 26 heavy (non-hydrogen) atoms. The zero-order chi connectivity index (χ0) is 18.8. The minimum Gasteiger partial charge on any atom is -0.493 e. The van der Waals surface area contributed by atoms with Crippen LogP contribution in [0.3, 0.4) is 0 Å². The molecule has 2 N–H and O–H groups in total. The van der Waals surface area contributed by atoms with E-state index in [0.29, 0.717) is 35.7 Å². The van der Waals surface area contributed by atoms with E-state index in [0.717, 1.165) is 5.69 Å². The Bertz CT molecular complexity index is 861. The first-order chi connectivity index (χ1) is 12.4. The number of anilines is 1. The van der Waals surface area contributed by atoms with Crippen LogP contribution in [0.25, 0.3) is 0 Å². The molecule has 0 aliphatic carbocycles. The minimum atomic E-state index is -1.05. The average Bonchev–Trinajstić information content (AvgIpc) is 2.96. The lowest BCUT2D eigenvalue weighted by Gasteiger charge is -2.27. The van der Waals surface area contributed by atoms with Crippen LogP contribution in [0, 0.1) is 0 Å². The number of hydrogen-bond donors (Lipinski definition) is 2. The normalized spacial score (nSPS) is 13.1. The van der Waals surface area contributed by atoms with Gasteiger partial charge in [0, 0.05) is 37.3 Å². The Hall–Kier alpha value is -3.23. The molecule has 1 aliphatic rings. The van der Waals surface area contributed by atoms with Gasteiger partial charge in [0.2, 0.25) is 0 Å². The molecule has 0 radical (unpaired) electrons. The Morgan fingerprint density at radius 1 is 1.23 bits per heavy atom. The molecule has 1 aliphatic heterocycles. The first-order valence-corrected chi connectivity index (χ1v) is 8.00. The zero-order valence-corrected chi connectivity index (χ0v) is 14.8. The van der Waals surface area contributed by atoms with Gasteiger partial charge in [-0.2, -0.15) is 5.10 Å². The van der Waals surface area contributed by atoms with Crippen LogP contribution in [-0.2, 0) is 20.0 Å². The fourth-order valence-corrected chi connectivity index (χ4v) is 3.06. The van der Waals surface area contributed by atoms with Crippen molar-refractivity contribution in [2.75, 3.05) is 26.1 Å². The molecule has 9 heteroatoms. The van der Waals surface area contributed by atoms with Crippen molar-refractivity contribution in [3.05, 3.63) is 35.2 Å². The van der Waals surface area contributed by atoms with E-state index in [2.05, 4.69) is 10.4 Å². The fourth-order valence-electron chi connectivity index (χ4n) is 3.06. The van der Waals surface area contributed by atoms with E-state index in [-0.39, 0.29) is 18.3 Å². The van der Waals surface area contributed by atoms with E-state index < -0.39 is 5.97 Å². The number of benzene rings is 1. The number of rotatable bonds is 4. The van der Waals surface area contributed by atoms with Crippen LogP contribution in [0.2, 0.25) is 0 Å². The number of carboxylic acid groups (broad SMARTS) is 1. The number of carbonyl (C=O) groups is 2. The Kier molecular flexibility index (Phi) is 4.70. The number of fused-ring (bicyclic) bond motifs is 1. The summed E-state index contributed by atoms with van der Waals surface area (Å²) in [4.78, 5) is 25.6. The van der Waals surface area contributed by atoms with Crippen molar-refractivity contribution < 1.29 is 24.2 Å². The molecule has 0 spiro atoms. The van der Waals surface area contributed by atoms with Crippen LogP contribution in [0.5, 0.6) is 11.5 Å². The van der Waals surface area contributed by atoms with Gasteiger partial charge >= 0.3 is 12.0 Å². The highest BCUT2D eigenvalue weighted by atomic mass is 16.5. The van der Waals surface area contributed by atoms with Gasteiger partial charge < -0.3 is 24.8 Å². The van der Waals surface area contributed by atoms with Gasteiger partial charge in [0.25, 0.3) is 0 Å². The monoisotopic (exact) mass is 360 g/mol. The molecule has 1 aromatic carbocycles. The number of aryl methyl sites for hydroxylation is 1. The van der Waals surface area contributed by atoms with Crippen LogP contribution >= 0.6 is 0 Å². The third-order valence-corrected chi connectivity index (χ3v) is 4.32. The van der Waals surface area contributed by atoms with Crippen molar-refractivity contribution in [2.45, 2.75) is 13.0 Å². The number of nitrogens with zero attached hydrogens (tertiary/aromatic N) is 3. The number of carboxylic acids is 1. The molecule has 2 amide bonds. The number of nitrogens with one attached hydrogen (secondary N) is 1. The largest absolute Gasteiger partial charge is 0.493 e. The standard InChI is InChI=1S/C17H20N4O5/c1-20-15(16(22)23)11-9-21(7-6-12(11)19-20)17(24)18-10-4-5-13(25-2)14(8-10)26-3/h4-5,8H,6-7,9H2,1-3H3,(H,18,24)(H,22,23). The van der Waals surface area contributed by atoms with Crippen molar-refractivity contribution in [1.82, 2.24) is 14.7 Å². The number of urea groups is 1. The summed E-state index contributed by atoms with van der Waals surface area (Å²) < 4.78 is 11.8. The van der Waals surface area contributed by atoms with E-state index >= 15 is 0 Å². The molecular formula is C17H20N4O5. The number of methoxy groups -OCH3 is 2. The highest BCUT2D eigenvalue weighted by molar-refractivity contribution is 5.91. The minimum absolute atomic E-state index is 0.114.